The van der Waals surface area contributed by atoms with E-state index in [0.717, 1.165) is 18.2 Å². The van der Waals surface area contributed by atoms with E-state index in [1.54, 1.807) is 45.4 Å². The zero-order valence-electron chi connectivity index (χ0n) is 19.8. The van der Waals surface area contributed by atoms with E-state index in [0.29, 0.717) is 45.7 Å². The maximum absolute atomic E-state index is 13.5. The molecule has 3 fully saturated rings. The number of nitrogens with zero attached hydrogens (tertiary/aromatic N) is 4. The Morgan fingerprint density at radius 1 is 0.946 bits per heavy atom. The van der Waals surface area contributed by atoms with Gasteiger partial charge in [-0.05, 0) is 48.9 Å². The molecule has 188 valence electrons. The Morgan fingerprint density at radius 2 is 1.65 bits per heavy atom. The SMILES string of the molecule is O=c1c(-c2ccccc2Cl)cc2cnc(NC3C4CN(S(=O)(=O)c5ccccc5)CC43)nc2n1C1CC1. The first-order chi connectivity index (χ1) is 17.9. The van der Waals surface area contributed by atoms with Crippen molar-refractivity contribution < 1.29 is 8.42 Å². The third-order valence-corrected chi connectivity index (χ3v) is 9.86. The van der Waals surface area contributed by atoms with Gasteiger partial charge in [0.05, 0.1) is 4.90 Å². The van der Waals surface area contributed by atoms with Crippen molar-refractivity contribution >= 4 is 38.6 Å². The number of aromatic nitrogens is 3. The average molecular weight is 534 g/mol. The number of piperidine rings is 1. The van der Waals surface area contributed by atoms with Gasteiger partial charge >= 0.3 is 0 Å². The molecule has 0 radical (unpaired) electrons. The molecular formula is C27H24ClN5O3S. The maximum Gasteiger partial charge on any atom is 0.260 e. The molecule has 3 heterocycles. The minimum atomic E-state index is -3.48. The number of hydrogen-bond donors (Lipinski definition) is 1. The molecule has 2 unspecified atom stereocenters. The minimum absolute atomic E-state index is 0.0993. The average Bonchev–Trinajstić information content (AvgIpc) is 3.81. The van der Waals surface area contributed by atoms with Gasteiger partial charge in [0.25, 0.3) is 5.56 Å². The third kappa shape index (κ3) is 3.84. The molecule has 0 amide bonds. The van der Waals surface area contributed by atoms with Gasteiger partial charge in [0.15, 0.2) is 0 Å². The second kappa shape index (κ2) is 8.37. The number of nitrogens with one attached hydrogen (secondary N) is 1. The fourth-order valence-electron chi connectivity index (χ4n) is 5.52. The molecule has 1 saturated heterocycles. The zero-order chi connectivity index (χ0) is 25.3. The topological polar surface area (TPSA) is 97.2 Å². The van der Waals surface area contributed by atoms with Gasteiger partial charge in [-0.3, -0.25) is 9.36 Å². The molecule has 0 bridgehead atoms. The summed E-state index contributed by atoms with van der Waals surface area (Å²) in [5.41, 5.74) is 1.76. The van der Waals surface area contributed by atoms with Gasteiger partial charge in [0.2, 0.25) is 16.0 Å². The Kier molecular flexibility index (Phi) is 5.18. The van der Waals surface area contributed by atoms with Crippen molar-refractivity contribution in [3.05, 3.63) is 82.2 Å². The van der Waals surface area contributed by atoms with E-state index >= 15 is 0 Å². The highest BCUT2D eigenvalue weighted by atomic mass is 35.5. The lowest BCUT2D eigenvalue weighted by Crippen LogP contribution is -2.33. The monoisotopic (exact) mass is 533 g/mol. The largest absolute Gasteiger partial charge is 0.351 e. The lowest BCUT2D eigenvalue weighted by atomic mass is 10.1. The molecule has 1 N–H and O–H groups in total. The molecule has 0 spiro atoms. The van der Waals surface area contributed by atoms with Crippen LogP contribution < -0.4 is 10.9 Å². The van der Waals surface area contributed by atoms with E-state index in [4.69, 9.17) is 16.6 Å². The van der Waals surface area contributed by atoms with Gasteiger partial charge in [0, 0.05) is 52.9 Å². The van der Waals surface area contributed by atoms with Crippen LogP contribution in [-0.2, 0) is 10.0 Å². The van der Waals surface area contributed by atoms with Crippen molar-refractivity contribution in [2.24, 2.45) is 11.8 Å². The van der Waals surface area contributed by atoms with Gasteiger partial charge in [-0.15, -0.1) is 0 Å². The zero-order valence-corrected chi connectivity index (χ0v) is 21.4. The maximum atomic E-state index is 13.5. The summed E-state index contributed by atoms with van der Waals surface area (Å²) in [6.45, 7) is 0.947. The summed E-state index contributed by atoms with van der Waals surface area (Å²) in [4.78, 5) is 23.1. The van der Waals surface area contributed by atoms with E-state index in [9.17, 15) is 13.2 Å². The second-order valence-electron chi connectivity index (χ2n) is 10.0. The van der Waals surface area contributed by atoms with Gasteiger partial charge in [0.1, 0.15) is 5.65 Å². The molecule has 2 aromatic heterocycles. The fraction of sp³-hybridized carbons (Fsp3) is 0.296. The van der Waals surface area contributed by atoms with E-state index in [2.05, 4.69) is 10.3 Å². The van der Waals surface area contributed by atoms with Gasteiger partial charge < -0.3 is 5.32 Å². The first-order valence-electron chi connectivity index (χ1n) is 12.4. The lowest BCUT2D eigenvalue weighted by Gasteiger charge is -2.20. The van der Waals surface area contributed by atoms with Crippen molar-refractivity contribution in [3.63, 3.8) is 0 Å². The Bertz CT molecular complexity index is 1690. The smallest absolute Gasteiger partial charge is 0.260 e. The molecule has 2 aromatic carbocycles. The van der Waals surface area contributed by atoms with Crippen LogP contribution in [0.5, 0.6) is 0 Å². The van der Waals surface area contributed by atoms with Crippen LogP contribution in [0, 0.1) is 11.8 Å². The van der Waals surface area contributed by atoms with Crippen LogP contribution in [0.25, 0.3) is 22.2 Å². The summed E-state index contributed by atoms with van der Waals surface area (Å²) in [5.74, 6) is 0.890. The molecule has 8 nitrogen and oxygen atoms in total. The Balaban J connectivity index is 1.15. The van der Waals surface area contributed by atoms with Gasteiger partial charge in [-0.1, -0.05) is 48.0 Å². The first-order valence-corrected chi connectivity index (χ1v) is 14.2. The lowest BCUT2D eigenvalue weighted by molar-refractivity contribution is 0.436. The normalized spacial score (nSPS) is 23.2. The number of benzene rings is 2. The molecule has 10 heteroatoms. The van der Waals surface area contributed by atoms with Crippen LogP contribution in [0.1, 0.15) is 18.9 Å². The van der Waals surface area contributed by atoms with E-state index in [1.807, 2.05) is 30.3 Å². The Morgan fingerprint density at radius 3 is 2.35 bits per heavy atom. The van der Waals surface area contributed by atoms with Crippen molar-refractivity contribution in [1.29, 1.82) is 0 Å². The summed E-state index contributed by atoms with van der Waals surface area (Å²) in [6.07, 6.45) is 3.62. The number of rotatable bonds is 6. The summed E-state index contributed by atoms with van der Waals surface area (Å²) in [5, 5.41) is 4.72. The van der Waals surface area contributed by atoms with Crippen molar-refractivity contribution in [2.75, 3.05) is 18.4 Å². The van der Waals surface area contributed by atoms with E-state index < -0.39 is 10.0 Å². The molecule has 2 saturated carbocycles. The molecular weight excluding hydrogens is 510 g/mol. The standard InChI is InChI=1S/C27H24ClN5O3S/c28-23-9-5-4-8-19(23)20-12-16-13-29-27(31-25(16)33(26(20)34)17-10-11-17)30-24-21-14-32(15-22(21)24)37(35,36)18-6-2-1-3-7-18/h1-9,12-13,17,21-22,24H,10-11,14-15H2,(H,29,30,31). The van der Waals surface area contributed by atoms with Crippen molar-refractivity contribution in [1.82, 2.24) is 18.8 Å². The highest BCUT2D eigenvalue weighted by Gasteiger charge is 2.58. The van der Waals surface area contributed by atoms with Gasteiger partial charge in [-0.25, -0.2) is 13.4 Å². The highest BCUT2D eigenvalue weighted by molar-refractivity contribution is 7.89. The number of sulfonamides is 1. The van der Waals surface area contributed by atoms with Gasteiger partial charge in [-0.2, -0.15) is 9.29 Å². The predicted molar refractivity (Wildman–Crippen MR) is 142 cm³/mol. The van der Waals surface area contributed by atoms with Crippen molar-refractivity contribution in [2.45, 2.75) is 29.8 Å². The molecule has 4 aromatic rings. The molecule has 3 aliphatic rings. The Hall–Kier alpha value is -3.27. The summed E-state index contributed by atoms with van der Waals surface area (Å²) >= 11 is 6.41. The minimum Gasteiger partial charge on any atom is -0.351 e. The first kappa shape index (κ1) is 22.9. The van der Waals surface area contributed by atoms with Crippen LogP contribution in [-0.4, -0.2) is 46.4 Å². The molecule has 2 aliphatic carbocycles. The quantitative estimate of drug-likeness (QED) is 0.399. The highest BCUT2D eigenvalue weighted by Crippen LogP contribution is 2.48. The summed E-state index contributed by atoms with van der Waals surface area (Å²) < 4.78 is 29.2. The fourth-order valence-corrected chi connectivity index (χ4v) is 7.30. The van der Waals surface area contributed by atoms with Crippen LogP contribution >= 0.6 is 11.6 Å². The number of pyridine rings is 1. The molecule has 1 aliphatic heterocycles. The Labute approximate surface area is 219 Å². The van der Waals surface area contributed by atoms with Crippen LogP contribution in [0.3, 0.4) is 0 Å². The number of hydrogen-bond acceptors (Lipinski definition) is 6. The second-order valence-corrected chi connectivity index (χ2v) is 12.4. The van der Waals surface area contributed by atoms with Crippen LogP contribution in [0.15, 0.2) is 76.6 Å². The number of anilines is 1. The van der Waals surface area contributed by atoms with Crippen LogP contribution in [0.4, 0.5) is 5.95 Å². The third-order valence-electron chi connectivity index (χ3n) is 7.69. The molecule has 2 atom stereocenters. The van der Waals surface area contributed by atoms with E-state index in [-0.39, 0.29) is 29.5 Å². The summed E-state index contributed by atoms with van der Waals surface area (Å²) in [6, 6.07) is 18.0. The van der Waals surface area contributed by atoms with Crippen molar-refractivity contribution in [3.8, 4) is 11.1 Å². The molecule has 37 heavy (non-hydrogen) atoms. The summed E-state index contributed by atoms with van der Waals surface area (Å²) in [7, 11) is -3.48. The van der Waals surface area contributed by atoms with Crippen LogP contribution in [0.2, 0.25) is 5.02 Å². The molecule has 7 rings (SSSR count). The predicted octanol–water partition coefficient (Wildman–Crippen LogP) is 4.18. The number of halogens is 1. The number of fused-ring (bicyclic) bond motifs is 2. The van der Waals surface area contributed by atoms with E-state index in [1.165, 1.54) is 0 Å².